The van der Waals surface area contributed by atoms with Crippen molar-refractivity contribution in [2.75, 3.05) is 0 Å². The van der Waals surface area contributed by atoms with Crippen molar-refractivity contribution in [2.45, 2.75) is 6.92 Å². The minimum Gasteiger partial charge on any atom is -0.267 e. The smallest absolute Gasteiger partial charge is 0.267 e. The van der Waals surface area contributed by atoms with Crippen molar-refractivity contribution >= 4 is 11.6 Å². The third-order valence-electron chi connectivity index (χ3n) is 2.69. The highest BCUT2D eigenvalue weighted by molar-refractivity contribution is 6.01. The molecule has 0 atom stereocenters. The summed E-state index contributed by atoms with van der Waals surface area (Å²) >= 11 is 0. The lowest BCUT2D eigenvalue weighted by atomic mass is 10.1. The molecule has 0 unspecified atom stereocenters. The summed E-state index contributed by atoms with van der Waals surface area (Å²) in [5, 5.41) is 3.73. The van der Waals surface area contributed by atoms with Gasteiger partial charge in [0.25, 0.3) is 5.91 Å². The molecule has 3 nitrogen and oxygen atoms in total. The Morgan fingerprint density at radius 2 is 1.60 bits per heavy atom. The molecule has 0 saturated carbocycles. The highest BCUT2D eigenvalue weighted by Crippen LogP contribution is 2.12. The Labute approximate surface area is 114 Å². The van der Waals surface area contributed by atoms with Crippen LogP contribution in [-0.4, -0.2) is 11.6 Å². The van der Waals surface area contributed by atoms with E-state index in [2.05, 4.69) is 10.5 Å². The maximum absolute atomic E-state index is 13.5. The number of hydrazone groups is 1. The predicted octanol–water partition coefficient (Wildman–Crippen LogP) is 3.12. The second-order valence-corrected chi connectivity index (χ2v) is 4.10. The van der Waals surface area contributed by atoms with E-state index in [9.17, 15) is 13.6 Å². The molecular formula is C15H12F2N2O. The molecule has 0 radical (unpaired) electrons. The molecule has 0 aliphatic rings. The average Bonchev–Trinajstić information content (AvgIpc) is 2.45. The fourth-order valence-electron chi connectivity index (χ4n) is 1.69. The molecule has 0 fully saturated rings. The minimum atomic E-state index is -0.722. The van der Waals surface area contributed by atoms with Crippen LogP contribution in [0.4, 0.5) is 8.78 Å². The van der Waals surface area contributed by atoms with Crippen molar-refractivity contribution in [1.82, 2.24) is 5.43 Å². The maximum atomic E-state index is 13.5. The van der Waals surface area contributed by atoms with Gasteiger partial charge in [-0.25, -0.2) is 14.2 Å². The first kappa shape index (κ1) is 13.9. The van der Waals surface area contributed by atoms with Gasteiger partial charge >= 0.3 is 0 Å². The van der Waals surface area contributed by atoms with Crippen LogP contribution >= 0.6 is 0 Å². The summed E-state index contributed by atoms with van der Waals surface area (Å²) in [6, 6.07) is 12.0. The molecule has 0 aliphatic heterocycles. The fourth-order valence-corrected chi connectivity index (χ4v) is 1.69. The Kier molecular flexibility index (Phi) is 4.20. The van der Waals surface area contributed by atoms with Gasteiger partial charge in [-0.15, -0.1) is 0 Å². The van der Waals surface area contributed by atoms with Crippen molar-refractivity contribution in [1.29, 1.82) is 0 Å². The first-order valence-corrected chi connectivity index (χ1v) is 5.93. The summed E-state index contributed by atoms with van der Waals surface area (Å²) in [7, 11) is 0. The molecule has 1 N–H and O–H groups in total. The fraction of sp³-hybridized carbons (Fsp3) is 0.0667. The summed E-state index contributed by atoms with van der Waals surface area (Å²) in [4.78, 5) is 11.7. The third-order valence-corrected chi connectivity index (χ3v) is 2.69. The lowest BCUT2D eigenvalue weighted by molar-refractivity contribution is 0.0955. The van der Waals surface area contributed by atoms with Crippen molar-refractivity contribution in [3.8, 4) is 0 Å². The van der Waals surface area contributed by atoms with E-state index < -0.39 is 17.5 Å². The van der Waals surface area contributed by atoms with Crippen LogP contribution in [0.3, 0.4) is 0 Å². The lowest BCUT2D eigenvalue weighted by Gasteiger charge is -2.05. The van der Waals surface area contributed by atoms with Crippen molar-refractivity contribution in [2.24, 2.45) is 5.10 Å². The predicted molar refractivity (Wildman–Crippen MR) is 72.5 cm³/mol. The van der Waals surface area contributed by atoms with E-state index in [-0.39, 0.29) is 11.3 Å². The Hall–Kier alpha value is -2.56. The number of halogens is 2. The standard InChI is InChI=1S/C15H12F2N2O/c1-10(14-12(16)8-5-9-13(14)17)18-19-15(20)11-6-3-2-4-7-11/h2-9H,1H3,(H,19,20)/b18-10-. The summed E-state index contributed by atoms with van der Waals surface area (Å²) in [5.41, 5.74) is 2.49. The molecule has 0 saturated heterocycles. The zero-order valence-corrected chi connectivity index (χ0v) is 10.7. The Balaban J connectivity index is 2.18. The first-order chi connectivity index (χ1) is 9.59. The van der Waals surface area contributed by atoms with Crippen LogP contribution in [0, 0.1) is 11.6 Å². The number of amides is 1. The van der Waals surface area contributed by atoms with Gasteiger partial charge in [0.15, 0.2) is 0 Å². The maximum Gasteiger partial charge on any atom is 0.271 e. The number of carbonyl (C=O) groups is 1. The SMILES string of the molecule is C/C(=N/NC(=O)c1ccccc1)c1c(F)cccc1F. The molecule has 0 aliphatic carbocycles. The summed E-state index contributed by atoms with van der Waals surface area (Å²) in [6.07, 6.45) is 0. The Morgan fingerprint density at radius 1 is 1.00 bits per heavy atom. The first-order valence-electron chi connectivity index (χ1n) is 5.93. The van der Waals surface area contributed by atoms with Gasteiger partial charge in [-0.05, 0) is 31.2 Å². The van der Waals surface area contributed by atoms with Crippen LogP contribution in [-0.2, 0) is 0 Å². The number of rotatable bonds is 3. The van der Waals surface area contributed by atoms with E-state index in [0.29, 0.717) is 5.56 Å². The van der Waals surface area contributed by atoms with E-state index in [1.807, 2.05) is 0 Å². The van der Waals surface area contributed by atoms with Crippen LogP contribution in [0.25, 0.3) is 0 Å². The van der Waals surface area contributed by atoms with Crippen molar-refractivity contribution in [3.63, 3.8) is 0 Å². The molecule has 0 bridgehead atoms. The number of hydrogen-bond acceptors (Lipinski definition) is 2. The van der Waals surface area contributed by atoms with Gasteiger partial charge in [-0.2, -0.15) is 5.10 Å². The van der Waals surface area contributed by atoms with E-state index >= 15 is 0 Å². The molecule has 2 aromatic carbocycles. The van der Waals surface area contributed by atoms with Crippen LogP contribution in [0.1, 0.15) is 22.8 Å². The number of benzene rings is 2. The molecule has 1 amide bonds. The molecule has 5 heteroatoms. The van der Waals surface area contributed by atoms with E-state index in [4.69, 9.17) is 0 Å². The lowest BCUT2D eigenvalue weighted by Crippen LogP contribution is -2.19. The largest absolute Gasteiger partial charge is 0.271 e. The topological polar surface area (TPSA) is 41.5 Å². The van der Waals surface area contributed by atoms with Crippen molar-refractivity contribution in [3.05, 3.63) is 71.3 Å². The van der Waals surface area contributed by atoms with E-state index in [1.54, 1.807) is 30.3 Å². The zero-order valence-electron chi connectivity index (χ0n) is 10.7. The van der Waals surface area contributed by atoms with Gasteiger partial charge in [-0.1, -0.05) is 24.3 Å². The number of nitrogens with zero attached hydrogens (tertiary/aromatic N) is 1. The highest BCUT2D eigenvalue weighted by Gasteiger charge is 2.12. The van der Waals surface area contributed by atoms with Gasteiger partial charge in [0, 0.05) is 5.56 Å². The summed E-state index contributed by atoms with van der Waals surface area (Å²) in [5.74, 6) is -1.89. The summed E-state index contributed by atoms with van der Waals surface area (Å²) < 4.78 is 27.0. The molecule has 2 aromatic rings. The van der Waals surface area contributed by atoms with Gasteiger partial charge in [-0.3, -0.25) is 4.79 Å². The monoisotopic (exact) mass is 274 g/mol. The molecule has 0 spiro atoms. The van der Waals surface area contributed by atoms with Crippen LogP contribution in [0.5, 0.6) is 0 Å². The normalized spacial score (nSPS) is 11.2. The van der Waals surface area contributed by atoms with Crippen LogP contribution < -0.4 is 5.43 Å². The molecule has 0 heterocycles. The van der Waals surface area contributed by atoms with Crippen molar-refractivity contribution < 1.29 is 13.6 Å². The van der Waals surface area contributed by atoms with Gasteiger partial charge in [0.05, 0.1) is 11.3 Å². The Morgan fingerprint density at radius 3 is 2.20 bits per heavy atom. The second-order valence-electron chi connectivity index (χ2n) is 4.10. The number of carbonyl (C=O) groups excluding carboxylic acids is 1. The van der Waals surface area contributed by atoms with Crippen LogP contribution in [0.15, 0.2) is 53.6 Å². The van der Waals surface area contributed by atoms with E-state index in [1.165, 1.54) is 13.0 Å². The second kappa shape index (κ2) is 6.06. The van der Waals surface area contributed by atoms with Gasteiger partial charge in [0.2, 0.25) is 0 Å². The summed E-state index contributed by atoms with van der Waals surface area (Å²) in [6.45, 7) is 1.42. The molecule has 102 valence electrons. The molecular weight excluding hydrogens is 262 g/mol. The molecule has 0 aromatic heterocycles. The third kappa shape index (κ3) is 3.06. The molecule has 2 rings (SSSR count). The highest BCUT2D eigenvalue weighted by atomic mass is 19.1. The Bertz CT molecular complexity index is 634. The number of nitrogens with one attached hydrogen (secondary N) is 1. The number of hydrogen-bond donors (Lipinski definition) is 1. The van der Waals surface area contributed by atoms with E-state index in [0.717, 1.165) is 12.1 Å². The average molecular weight is 274 g/mol. The minimum absolute atomic E-state index is 0.0601. The molecule has 20 heavy (non-hydrogen) atoms. The van der Waals surface area contributed by atoms with Gasteiger partial charge in [0.1, 0.15) is 11.6 Å². The van der Waals surface area contributed by atoms with Crippen LogP contribution in [0.2, 0.25) is 0 Å². The quantitative estimate of drug-likeness (QED) is 0.678. The van der Waals surface area contributed by atoms with Gasteiger partial charge < -0.3 is 0 Å². The zero-order chi connectivity index (χ0) is 14.5.